The lowest BCUT2D eigenvalue weighted by atomic mass is 10.2. The minimum absolute atomic E-state index is 0.0636. The zero-order valence-corrected chi connectivity index (χ0v) is 15.5. The van der Waals surface area contributed by atoms with Crippen molar-refractivity contribution in [1.29, 1.82) is 0 Å². The summed E-state index contributed by atoms with van der Waals surface area (Å²) in [5.74, 6) is -0.777. The standard InChI is InChI=1S/C16H16Cl2N2O3S/c1-10-19-12(9-24-10)6-16(22)23-8-15(21)20(2)7-11-3-4-13(17)14(18)5-11/h3-5,9H,6-8H2,1-2H3. The first-order valence-corrected chi connectivity index (χ1v) is 8.73. The van der Waals surface area contributed by atoms with Crippen LogP contribution in [0.1, 0.15) is 16.3 Å². The van der Waals surface area contributed by atoms with Gasteiger partial charge in [-0.15, -0.1) is 11.3 Å². The zero-order valence-electron chi connectivity index (χ0n) is 13.2. The van der Waals surface area contributed by atoms with Gasteiger partial charge >= 0.3 is 5.97 Å². The van der Waals surface area contributed by atoms with Crippen LogP contribution in [0.25, 0.3) is 0 Å². The first kappa shape index (κ1) is 18.7. The fraction of sp³-hybridized carbons (Fsp3) is 0.312. The van der Waals surface area contributed by atoms with E-state index >= 15 is 0 Å². The molecule has 0 aliphatic heterocycles. The van der Waals surface area contributed by atoms with Crippen LogP contribution < -0.4 is 0 Å². The summed E-state index contributed by atoms with van der Waals surface area (Å²) in [7, 11) is 1.63. The van der Waals surface area contributed by atoms with Gasteiger partial charge in [0.05, 0.1) is 27.2 Å². The van der Waals surface area contributed by atoms with E-state index in [-0.39, 0.29) is 18.9 Å². The van der Waals surface area contributed by atoms with E-state index in [1.165, 1.54) is 16.2 Å². The third-order valence-electron chi connectivity index (χ3n) is 3.18. The number of halogens is 2. The fourth-order valence-corrected chi connectivity index (χ4v) is 2.87. The van der Waals surface area contributed by atoms with E-state index < -0.39 is 5.97 Å². The third-order valence-corrected chi connectivity index (χ3v) is 4.74. The van der Waals surface area contributed by atoms with Gasteiger partial charge < -0.3 is 9.64 Å². The van der Waals surface area contributed by atoms with Crippen LogP contribution in [-0.2, 0) is 27.3 Å². The molecule has 1 aromatic carbocycles. The second-order valence-corrected chi connectivity index (χ2v) is 7.07. The second-order valence-electron chi connectivity index (χ2n) is 5.19. The van der Waals surface area contributed by atoms with E-state index in [2.05, 4.69) is 4.98 Å². The number of carbonyl (C=O) groups is 2. The van der Waals surface area contributed by atoms with Gasteiger partial charge in [0, 0.05) is 19.0 Å². The van der Waals surface area contributed by atoms with Crippen molar-refractivity contribution in [1.82, 2.24) is 9.88 Å². The fourth-order valence-electron chi connectivity index (χ4n) is 1.94. The van der Waals surface area contributed by atoms with Gasteiger partial charge in [0.1, 0.15) is 0 Å². The predicted octanol–water partition coefficient (Wildman–Crippen LogP) is 3.50. The largest absolute Gasteiger partial charge is 0.455 e. The van der Waals surface area contributed by atoms with Gasteiger partial charge in [-0.25, -0.2) is 4.98 Å². The first-order valence-electron chi connectivity index (χ1n) is 7.09. The van der Waals surface area contributed by atoms with Crippen molar-refractivity contribution in [2.45, 2.75) is 19.9 Å². The highest BCUT2D eigenvalue weighted by Gasteiger charge is 2.14. The van der Waals surface area contributed by atoms with Crippen molar-refractivity contribution < 1.29 is 14.3 Å². The average Bonchev–Trinajstić information content (AvgIpc) is 2.93. The summed E-state index contributed by atoms with van der Waals surface area (Å²) in [6, 6.07) is 5.16. The molecule has 0 unspecified atom stereocenters. The molecule has 2 rings (SSSR count). The summed E-state index contributed by atoms with van der Waals surface area (Å²) in [5.41, 5.74) is 1.49. The van der Waals surface area contributed by atoms with Crippen LogP contribution >= 0.6 is 34.5 Å². The average molecular weight is 387 g/mol. The van der Waals surface area contributed by atoms with Gasteiger partial charge in [-0.3, -0.25) is 9.59 Å². The number of rotatable bonds is 6. The summed E-state index contributed by atoms with van der Waals surface area (Å²) < 4.78 is 5.01. The molecule has 1 amide bonds. The molecular formula is C16H16Cl2N2O3S. The number of ether oxygens (including phenoxy) is 1. The molecule has 0 fully saturated rings. The lowest BCUT2D eigenvalue weighted by Crippen LogP contribution is -2.31. The number of esters is 1. The number of carbonyl (C=O) groups excluding carboxylic acids is 2. The lowest BCUT2D eigenvalue weighted by Gasteiger charge is -2.17. The Morgan fingerprint density at radius 3 is 2.67 bits per heavy atom. The van der Waals surface area contributed by atoms with E-state index in [0.717, 1.165) is 10.6 Å². The molecule has 0 N–H and O–H groups in total. The molecule has 0 atom stereocenters. The molecule has 0 saturated heterocycles. The van der Waals surface area contributed by atoms with E-state index in [0.29, 0.717) is 22.3 Å². The van der Waals surface area contributed by atoms with Crippen LogP contribution in [0.15, 0.2) is 23.6 Å². The van der Waals surface area contributed by atoms with Crippen molar-refractivity contribution in [3.63, 3.8) is 0 Å². The molecule has 0 radical (unpaired) electrons. The Hall–Kier alpha value is -1.63. The topological polar surface area (TPSA) is 59.5 Å². The van der Waals surface area contributed by atoms with E-state index in [9.17, 15) is 9.59 Å². The summed E-state index contributed by atoms with van der Waals surface area (Å²) >= 11 is 13.3. The van der Waals surface area contributed by atoms with Gasteiger partial charge in [-0.1, -0.05) is 29.3 Å². The zero-order chi connectivity index (χ0) is 17.7. The van der Waals surface area contributed by atoms with Crippen LogP contribution in [-0.4, -0.2) is 35.4 Å². The lowest BCUT2D eigenvalue weighted by molar-refractivity contribution is -0.151. The van der Waals surface area contributed by atoms with E-state index in [1.807, 2.05) is 6.92 Å². The minimum atomic E-state index is -0.475. The molecule has 0 spiro atoms. The molecular weight excluding hydrogens is 371 g/mol. The third kappa shape index (κ3) is 5.47. The molecule has 0 aliphatic rings. The number of aryl methyl sites for hydroxylation is 1. The molecule has 1 heterocycles. The molecule has 24 heavy (non-hydrogen) atoms. The monoisotopic (exact) mass is 386 g/mol. The summed E-state index contributed by atoms with van der Waals surface area (Å²) in [6.45, 7) is 1.90. The number of nitrogens with zero attached hydrogens (tertiary/aromatic N) is 2. The Kier molecular flexibility index (Phi) is 6.60. The highest BCUT2D eigenvalue weighted by atomic mass is 35.5. The maximum absolute atomic E-state index is 12.0. The molecule has 8 heteroatoms. The highest BCUT2D eigenvalue weighted by Crippen LogP contribution is 2.23. The molecule has 2 aromatic rings. The number of thiazole rings is 1. The van der Waals surface area contributed by atoms with Crippen LogP contribution in [0.2, 0.25) is 10.0 Å². The van der Waals surface area contributed by atoms with Crippen LogP contribution in [0.4, 0.5) is 0 Å². The Morgan fingerprint density at radius 1 is 1.29 bits per heavy atom. The van der Waals surface area contributed by atoms with Crippen molar-refractivity contribution in [3.05, 3.63) is 49.9 Å². The van der Waals surface area contributed by atoms with Gasteiger partial charge in [0.2, 0.25) is 0 Å². The van der Waals surface area contributed by atoms with Crippen molar-refractivity contribution in [3.8, 4) is 0 Å². The Labute approximate surface area is 154 Å². The van der Waals surface area contributed by atoms with E-state index in [1.54, 1.807) is 30.6 Å². The predicted molar refractivity (Wildman–Crippen MR) is 94.5 cm³/mol. The Morgan fingerprint density at radius 2 is 2.04 bits per heavy atom. The molecule has 0 saturated carbocycles. The molecule has 0 bridgehead atoms. The van der Waals surface area contributed by atoms with Gasteiger partial charge in [-0.2, -0.15) is 0 Å². The summed E-state index contributed by atoms with van der Waals surface area (Å²) in [4.78, 5) is 29.4. The van der Waals surface area contributed by atoms with E-state index in [4.69, 9.17) is 27.9 Å². The molecule has 128 valence electrons. The number of aromatic nitrogens is 1. The summed E-state index contributed by atoms with van der Waals surface area (Å²) in [5, 5.41) is 3.57. The smallest absolute Gasteiger partial charge is 0.312 e. The number of hydrogen-bond donors (Lipinski definition) is 0. The quantitative estimate of drug-likeness (QED) is 0.712. The number of hydrogen-bond acceptors (Lipinski definition) is 5. The van der Waals surface area contributed by atoms with Crippen LogP contribution in [0.5, 0.6) is 0 Å². The SMILES string of the molecule is Cc1nc(CC(=O)OCC(=O)N(C)Cc2ccc(Cl)c(Cl)c2)cs1. The highest BCUT2D eigenvalue weighted by molar-refractivity contribution is 7.09. The molecule has 5 nitrogen and oxygen atoms in total. The normalized spacial score (nSPS) is 10.5. The van der Waals surface area contributed by atoms with Crippen molar-refractivity contribution in [2.24, 2.45) is 0 Å². The number of amides is 1. The maximum Gasteiger partial charge on any atom is 0.312 e. The van der Waals surface area contributed by atoms with Crippen LogP contribution in [0.3, 0.4) is 0 Å². The van der Waals surface area contributed by atoms with Gasteiger partial charge in [0.15, 0.2) is 6.61 Å². The van der Waals surface area contributed by atoms with Gasteiger partial charge in [-0.05, 0) is 24.6 Å². The van der Waals surface area contributed by atoms with Crippen molar-refractivity contribution >= 4 is 46.4 Å². The number of benzene rings is 1. The first-order chi connectivity index (χ1) is 11.3. The maximum atomic E-state index is 12.0. The number of likely N-dealkylation sites (N-methyl/N-ethyl adjacent to an activating group) is 1. The Bertz CT molecular complexity index is 749. The van der Waals surface area contributed by atoms with Crippen molar-refractivity contribution in [2.75, 3.05) is 13.7 Å². The summed E-state index contributed by atoms with van der Waals surface area (Å²) in [6.07, 6.45) is 0.0636. The molecule has 0 aliphatic carbocycles. The minimum Gasteiger partial charge on any atom is -0.455 e. The van der Waals surface area contributed by atoms with Crippen LogP contribution in [0, 0.1) is 6.92 Å². The molecule has 1 aromatic heterocycles. The Balaban J connectivity index is 1.80. The van der Waals surface area contributed by atoms with Gasteiger partial charge in [0.25, 0.3) is 5.91 Å². The second kappa shape index (κ2) is 8.46.